The molecule has 0 bridgehead atoms. The SMILES string of the molecule is Cc1ccc(N2c3ccc(C)cc3B3c4cccc5c4N(c4cc(N6c7cc(C)cc(C)c7C7(C)CCCCC67C)cc2c43)C2(C)c3ccccc3CCC52C)cc1. The van der Waals surface area contributed by atoms with Crippen molar-refractivity contribution in [2.75, 3.05) is 14.7 Å². The van der Waals surface area contributed by atoms with Gasteiger partial charge in [-0.3, -0.25) is 0 Å². The summed E-state index contributed by atoms with van der Waals surface area (Å²) in [7, 11) is 0. The van der Waals surface area contributed by atoms with Crippen LogP contribution in [-0.2, 0) is 22.8 Å². The highest BCUT2D eigenvalue weighted by Crippen LogP contribution is 2.66. The van der Waals surface area contributed by atoms with Crippen molar-refractivity contribution in [2.45, 2.75) is 116 Å². The summed E-state index contributed by atoms with van der Waals surface area (Å²) in [4.78, 5) is 8.35. The van der Waals surface area contributed by atoms with E-state index in [2.05, 4.69) is 179 Å². The highest BCUT2D eigenvalue weighted by Gasteiger charge is 2.64. The van der Waals surface area contributed by atoms with Gasteiger partial charge in [-0.15, -0.1) is 0 Å². The summed E-state index contributed by atoms with van der Waals surface area (Å²) in [5.41, 5.74) is 24.8. The Morgan fingerprint density at radius 1 is 0.534 bits per heavy atom. The van der Waals surface area contributed by atoms with Gasteiger partial charge in [-0.1, -0.05) is 111 Å². The van der Waals surface area contributed by atoms with Crippen LogP contribution in [0.15, 0.2) is 109 Å². The molecule has 0 aromatic heterocycles. The monoisotopic (exact) mass is 755 g/mol. The van der Waals surface area contributed by atoms with Gasteiger partial charge in [0.2, 0.25) is 0 Å². The van der Waals surface area contributed by atoms with Crippen molar-refractivity contribution in [3.63, 3.8) is 0 Å². The Labute approximate surface area is 345 Å². The van der Waals surface area contributed by atoms with Crippen LogP contribution in [0.2, 0.25) is 0 Å². The third kappa shape index (κ3) is 3.98. The van der Waals surface area contributed by atoms with E-state index in [1.807, 2.05) is 0 Å². The first-order valence-corrected chi connectivity index (χ1v) is 22.0. The number of rotatable bonds is 2. The normalized spacial score (nSPS) is 26.7. The van der Waals surface area contributed by atoms with Gasteiger partial charge in [-0.05, 0) is 153 Å². The average Bonchev–Trinajstić information content (AvgIpc) is 3.55. The van der Waals surface area contributed by atoms with Gasteiger partial charge < -0.3 is 14.7 Å². The molecule has 1 fully saturated rings. The fourth-order valence-electron chi connectivity index (χ4n) is 13.8. The van der Waals surface area contributed by atoms with E-state index in [-0.39, 0.29) is 28.6 Å². The summed E-state index contributed by atoms with van der Waals surface area (Å²) < 4.78 is 0. The molecule has 0 saturated heterocycles. The maximum atomic E-state index is 2.88. The second kappa shape index (κ2) is 11.3. The lowest BCUT2D eigenvalue weighted by atomic mass is 9.33. The first-order valence-electron chi connectivity index (χ1n) is 22.0. The zero-order chi connectivity index (χ0) is 39.7. The van der Waals surface area contributed by atoms with E-state index >= 15 is 0 Å². The van der Waals surface area contributed by atoms with Gasteiger partial charge in [-0.2, -0.15) is 0 Å². The number of hydrogen-bond acceptors (Lipinski definition) is 3. The van der Waals surface area contributed by atoms with Crippen molar-refractivity contribution in [1.82, 2.24) is 0 Å². The molecule has 0 amide bonds. The van der Waals surface area contributed by atoms with Crippen LogP contribution in [-0.4, -0.2) is 12.3 Å². The lowest BCUT2D eigenvalue weighted by Gasteiger charge is -2.54. The van der Waals surface area contributed by atoms with Crippen molar-refractivity contribution in [3.05, 3.63) is 154 Å². The zero-order valence-electron chi connectivity index (χ0n) is 35.6. The van der Waals surface area contributed by atoms with Crippen LogP contribution in [0.1, 0.15) is 104 Å². The van der Waals surface area contributed by atoms with Crippen LogP contribution >= 0.6 is 0 Å². The molecule has 0 spiro atoms. The Bertz CT molecular complexity index is 2790. The molecular formula is C54H54BN3. The smallest absolute Gasteiger partial charge is 0.252 e. The molecule has 1 saturated carbocycles. The van der Waals surface area contributed by atoms with Crippen LogP contribution < -0.4 is 31.1 Å². The van der Waals surface area contributed by atoms with E-state index in [0.29, 0.717) is 0 Å². The van der Waals surface area contributed by atoms with Gasteiger partial charge in [0.15, 0.2) is 0 Å². The van der Waals surface area contributed by atoms with Crippen molar-refractivity contribution < 1.29 is 0 Å². The molecule has 2 aliphatic carbocycles. The second-order valence-corrected chi connectivity index (χ2v) is 19.8. The van der Waals surface area contributed by atoms with Crippen molar-refractivity contribution in [3.8, 4) is 0 Å². The molecule has 4 aliphatic heterocycles. The number of hydrogen-bond donors (Lipinski definition) is 0. The minimum atomic E-state index is -0.279. The van der Waals surface area contributed by atoms with Gasteiger partial charge in [0.05, 0.1) is 11.1 Å². The Morgan fingerprint density at radius 3 is 2.10 bits per heavy atom. The minimum absolute atomic E-state index is 0.0507. The van der Waals surface area contributed by atoms with E-state index < -0.39 is 0 Å². The lowest BCUT2D eigenvalue weighted by molar-refractivity contribution is 0.194. The molecule has 0 N–H and O–H groups in total. The van der Waals surface area contributed by atoms with Crippen LogP contribution in [0.3, 0.4) is 0 Å². The predicted molar refractivity (Wildman–Crippen MR) is 246 cm³/mol. The third-order valence-electron chi connectivity index (χ3n) is 16.9. The summed E-state index contributed by atoms with van der Waals surface area (Å²) in [6, 6.07) is 43.4. The van der Waals surface area contributed by atoms with Gasteiger partial charge >= 0.3 is 0 Å². The first-order chi connectivity index (χ1) is 27.9. The average molecular weight is 756 g/mol. The van der Waals surface area contributed by atoms with Crippen molar-refractivity contribution in [2.24, 2.45) is 0 Å². The van der Waals surface area contributed by atoms with E-state index in [0.717, 1.165) is 12.8 Å². The highest BCUT2D eigenvalue weighted by atomic mass is 15.3. The Morgan fingerprint density at radius 2 is 1.28 bits per heavy atom. The molecule has 0 radical (unpaired) electrons. The molecule has 12 rings (SSSR count). The van der Waals surface area contributed by atoms with E-state index in [9.17, 15) is 0 Å². The first kappa shape index (κ1) is 34.8. The van der Waals surface area contributed by atoms with Crippen LogP contribution in [0.25, 0.3) is 0 Å². The van der Waals surface area contributed by atoms with Gasteiger partial charge in [0.1, 0.15) is 0 Å². The van der Waals surface area contributed by atoms with Crippen LogP contribution in [0.5, 0.6) is 0 Å². The molecule has 6 aliphatic rings. The van der Waals surface area contributed by atoms with E-state index in [1.165, 1.54) is 121 Å². The number of nitrogens with zero attached hydrogens (tertiary/aromatic N) is 3. The van der Waals surface area contributed by atoms with Crippen molar-refractivity contribution in [1.29, 1.82) is 0 Å². The lowest BCUT2D eigenvalue weighted by Crippen LogP contribution is -2.64. The predicted octanol–water partition coefficient (Wildman–Crippen LogP) is 11.5. The summed E-state index contributed by atoms with van der Waals surface area (Å²) in [6.45, 7) is 19.6. The Hall–Kier alpha value is -5.22. The van der Waals surface area contributed by atoms with Gasteiger partial charge in [0, 0.05) is 50.6 Å². The molecule has 4 unspecified atom stereocenters. The Kier molecular flexibility index (Phi) is 6.77. The summed E-state index contributed by atoms with van der Waals surface area (Å²) in [6.07, 6.45) is 7.16. The molecule has 4 heteroatoms. The van der Waals surface area contributed by atoms with E-state index in [4.69, 9.17) is 0 Å². The number of fused-ring (bicyclic) bond motifs is 12. The fraction of sp³-hybridized carbons (Fsp3) is 0.333. The molecule has 3 nitrogen and oxygen atoms in total. The summed E-state index contributed by atoms with van der Waals surface area (Å²) in [5, 5.41) is 0. The summed E-state index contributed by atoms with van der Waals surface area (Å²) >= 11 is 0. The summed E-state index contributed by atoms with van der Waals surface area (Å²) in [5.74, 6) is 0. The molecule has 6 aromatic carbocycles. The molecule has 6 aromatic rings. The number of benzene rings is 6. The topological polar surface area (TPSA) is 9.72 Å². The second-order valence-electron chi connectivity index (χ2n) is 19.8. The molecule has 58 heavy (non-hydrogen) atoms. The van der Waals surface area contributed by atoms with Crippen molar-refractivity contribution >= 4 is 62.9 Å². The molecule has 4 atom stereocenters. The van der Waals surface area contributed by atoms with Crippen LogP contribution in [0.4, 0.5) is 39.8 Å². The standard InChI is InChI=1S/C54H54BN3/c1-33-18-21-38(22-19-33)56-44-23-20-34(2)29-43(44)55-42-17-13-16-41-50(42)58(54(8)40-15-10-9-14-37(40)24-27-51(41,54)5)47-32-39(31-46(56)49(47)55)57-45-30-35(3)28-36(4)48(45)52(6)25-11-12-26-53(52,57)7/h9-10,13-23,28-32H,11-12,24-27H2,1-8H3. The van der Waals surface area contributed by atoms with Gasteiger partial charge in [0.25, 0.3) is 6.71 Å². The maximum absolute atomic E-state index is 2.88. The van der Waals surface area contributed by atoms with Crippen LogP contribution in [0, 0.1) is 27.7 Å². The van der Waals surface area contributed by atoms with E-state index in [1.54, 1.807) is 5.56 Å². The third-order valence-corrected chi connectivity index (χ3v) is 16.9. The highest BCUT2D eigenvalue weighted by molar-refractivity contribution is 7.00. The number of anilines is 7. The minimum Gasteiger partial charge on any atom is -0.334 e. The fourth-order valence-corrected chi connectivity index (χ4v) is 13.8. The quantitative estimate of drug-likeness (QED) is 0.163. The number of para-hydroxylation sites is 1. The largest absolute Gasteiger partial charge is 0.334 e. The molecule has 4 heterocycles. The molecular weight excluding hydrogens is 701 g/mol. The Balaban J connectivity index is 1.23. The zero-order valence-corrected chi connectivity index (χ0v) is 35.6. The van der Waals surface area contributed by atoms with Gasteiger partial charge in [-0.25, -0.2) is 0 Å². The maximum Gasteiger partial charge on any atom is 0.252 e. The molecule has 288 valence electrons. The number of aryl methyl sites for hydroxylation is 5.